The molecule has 0 bridgehead atoms. The molecule has 6 unspecified atom stereocenters. The van der Waals surface area contributed by atoms with E-state index in [1.54, 1.807) is 0 Å². The first-order valence-corrected chi connectivity index (χ1v) is 11.9. The second-order valence-electron chi connectivity index (χ2n) is 6.72. The molecule has 1 aromatic heterocycles. The Balaban J connectivity index is 2.41. The summed E-state index contributed by atoms with van der Waals surface area (Å²) >= 11 is 0. The zero-order valence-electron chi connectivity index (χ0n) is 15.9. The van der Waals surface area contributed by atoms with Crippen molar-refractivity contribution in [1.82, 2.24) is 15.3 Å². The lowest BCUT2D eigenvalue weighted by Gasteiger charge is -2.36. The van der Waals surface area contributed by atoms with Crippen LogP contribution < -0.4 is 22.1 Å². The van der Waals surface area contributed by atoms with Crippen molar-refractivity contribution in [3.8, 4) is 0 Å². The number of nitrogens with one attached hydrogen (secondary N) is 2. The molecule has 0 spiro atoms. The van der Waals surface area contributed by atoms with Gasteiger partial charge in [0.15, 0.2) is 12.0 Å². The summed E-state index contributed by atoms with van der Waals surface area (Å²) in [6.45, 7) is 1.21. The van der Waals surface area contributed by atoms with Gasteiger partial charge >= 0.3 is 15.2 Å². The van der Waals surface area contributed by atoms with E-state index in [-0.39, 0.29) is 30.2 Å². The third-order valence-electron chi connectivity index (χ3n) is 4.33. The van der Waals surface area contributed by atoms with Crippen molar-refractivity contribution in [2.75, 3.05) is 11.9 Å². The Hall–Kier alpha value is -1.06. The Bertz CT molecular complexity index is 854. The van der Waals surface area contributed by atoms with Crippen molar-refractivity contribution in [1.29, 1.82) is 0 Å². The van der Waals surface area contributed by atoms with E-state index in [1.165, 1.54) is 6.92 Å². The van der Waals surface area contributed by atoms with Crippen LogP contribution in [0.15, 0.2) is 6.20 Å². The average Bonchev–Trinajstić information content (AvgIpc) is 2.63. The first kappa shape index (κ1) is 25.2. The van der Waals surface area contributed by atoms with Gasteiger partial charge in [0.05, 0.1) is 18.0 Å². The summed E-state index contributed by atoms with van der Waals surface area (Å²) in [5.41, 5.74) is 10.8. The number of rotatable bonds is 9. The molecule has 2 rings (SSSR count). The predicted molar refractivity (Wildman–Crippen MR) is 102 cm³/mol. The van der Waals surface area contributed by atoms with E-state index >= 15 is 0 Å². The van der Waals surface area contributed by atoms with Crippen LogP contribution in [-0.2, 0) is 13.7 Å². The van der Waals surface area contributed by atoms with Crippen LogP contribution in [0.2, 0.25) is 0 Å². The second kappa shape index (κ2) is 9.20. The largest absolute Gasteiger partial charge is 0.390 e. The van der Waals surface area contributed by atoms with Crippen LogP contribution in [0.1, 0.15) is 43.5 Å². The third-order valence-corrected chi connectivity index (χ3v) is 8.66. The lowest BCUT2D eigenvalue weighted by atomic mass is 10.1. The van der Waals surface area contributed by atoms with Gasteiger partial charge < -0.3 is 41.1 Å². The van der Waals surface area contributed by atoms with Gasteiger partial charge in [0.2, 0.25) is 0 Å². The summed E-state index contributed by atoms with van der Waals surface area (Å²) < 4.78 is 29.6. The predicted octanol–water partition coefficient (Wildman–Crippen LogP) is -2.09. The van der Waals surface area contributed by atoms with E-state index in [0.717, 1.165) is 6.20 Å². The van der Waals surface area contributed by atoms with Gasteiger partial charge in [-0.2, -0.15) is 0 Å². The zero-order valence-corrected chi connectivity index (χ0v) is 17.6. The minimum atomic E-state index is -5.55. The molecular formula is C13H26N6O9P2. The molecule has 0 fully saturated rings. The van der Waals surface area contributed by atoms with Gasteiger partial charge in [-0.1, -0.05) is 0 Å². The zero-order chi connectivity index (χ0) is 22.9. The molecule has 0 saturated carbocycles. The fourth-order valence-electron chi connectivity index (χ4n) is 2.63. The van der Waals surface area contributed by atoms with Crippen LogP contribution in [0.4, 0.5) is 5.82 Å². The Morgan fingerprint density at radius 2 is 1.97 bits per heavy atom. The van der Waals surface area contributed by atoms with Crippen molar-refractivity contribution >= 4 is 21.0 Å². The minimum absolute atomic E-state index is 0.0362. The Morgan fingerprint density at radius 1 is 1.33 bits per heavy atom. The van der Waals surface area contributed by atoms with Crippen molar-refractivity contribution in [3.63, 3.8) is 0 Å². The van der Waals surface area contributed by atoms with Crippen LogP contribution in [0.3, 0.4) is 0 Å². The van der Waals surface area contributed by atoms with Crippen molar-refractivity contribution in [2.24, 2.45) is 11.5 Å². The number of fused-ring (bicyclic) bond motifs is 1. The van der Waals surface area contributed by atoms with E-state index in [1.807, 2.05) is 0 Å². The topological polar surface area (TPSA) is 267 Å². The molecule has 6 atom stereocenters. The highest BCUT2D eigenvalue weighted by atomic mass is 31.2. The molecule has 2 heterocycles. The standard InChI is InChI=1S/C13H26N6O9P2/c1-6(20)9(21)7-5-16-8-10(17-7)18-12(15)19-11(8)28-30(26,27)13(22,3-2-4-14)29(23,24)25/h5-6,9,11-12,19-22H,2-4,14-15H2,1H3,(H,17,18)(H,26,27)(H2,23,24,25). The monoisotopic (exact) mass is 472 g/mol. The molecule has 0 aliphatic carbocycles. The first-order chi connectivity index (χ1) is 13.7. The number of hydrogen-bond donors (Lipinski definition) is 10. The number of anilines is 1. The maximum atomic E-state index is 12.8. The minimum Gasteiger partial charge on any atom is -0.390 e. The number of aliphatic hydroxyl groups is 3. The van der Waals surface area contributed by atoms with E-state index in [9.17, 15) is 39.1 Å². The lowest BCUT2D eigenvalue weighted by molar-refractivity contribution is 0.0273. The summed E-state index contributed by atoms with van der Waals surface area (Å²) in [5.74, 6) is -0.0786. The summed E-state index contributed by atoms with van der Waals surface area (Å²) in [4.78, 5) is 37.3. The molecule has 1 aliphatic rings. The number of nitrogens with two attached hydrogens (primary N) is 2. The normalized spacial score (nSPS) is 25.4. The summed E-state index contributed by atoms with van der Waals surface area (Å²) in [7, 11) is -11.0. The average molecular weight is 472 g/mol. The van der Waals surface area contributed by atoms with Gasteiger partial charge in [0.25, 0.3) is 5.08 Å². The van der Waals surface area contributed by atoms with Gasteiger partial charge in [0, 0.05) is 6.42 Å². The molecule has 0 saturated heterocycles. The molecule has 1 aromatic rings. The van der Waals surface area contributed by atoms with E-state index in [0.29, 0.717) is 0 Å². The van der Waals surface area contributed by atoms with Gasteiger partial charge in [-0.05, 0) is 19.9 Å². The Morgan fingerprint density at radius 3 is 2.50 bits per heavy atom. The molecule has 0 amide bonds. The summed E-state index contributed by atoms with van der Waals surface area (Å²) in [5, 5.41) is 31.5. The van der Waals surface area contributed by atoms with Crippen molar-refractivity contribution < 1.29 is 43.7 Å². The van der Waals surface area contributed by atoms with Crippen molar-refractivity contribution in [3.05, 3.63) is 17.6 Å². The Kier molecular flexibility index (Phi) is 7.73. The molecular weight excluding hydrogens is 446 g/mol. The van der Waals surface area contributed by atoms with Crippen LogP contribution >= 0.6 is 15.2 Å². The van der Waals surface area contributed by atoms with Crippen LogP contribution in [-0.4, -0.2) is 64.0 Å². The molecule has 15 nitrogen and oxygen atoms in total. The first-order valence-electron chi connectivity index (χ1n) is 8.74. The van der Waals surface area contributed by atoms with Crippen LogP contribution in [0, 0.1) is 0 Å². The van der Waals surface area contributed by atoms with E-state index < -0.39 is 51.4 Å². The van der Waals surface area contributed by atoms with Gasteiger partial charge in [0.1, 0.15) is 18.1 Å². The SMILES string of the molecule is CC(O)C(O)c1cnc2c(n1)NC(N)NC2OP(=O)(O)C(O)(CCCN)P(=O)(O)O. The number of nitrogens with zero attached hydrogens (tertiary/aromatic N) is 2. The lowest BCUT2D eigenvalue weighted by Crippen LogP contribution is -2.51. The fraction of sp³-hybridized carbons (Fsp3) is 0.692. The molecule has 12 N–H and O–H groups in total. The Labute approximate surface area is 171 Å². The highest BCUT2D eigenvalue weighted by molar-refractivity contribution is 7.72. The number of aromatic nitrogens is 2. The molecule has 0 radical (unpaired) electrons. The summed E-state index contributed by atoms with van der Waals surface area (Å²) in [6.07, 6.45) is -5.18. The highest BCUT2D eigenvalue weighted by Crippen LogP contribution is 2.72. The smallest absolute Gasteiger partial charge is 0.373 e. The van der Waals surface area contributed by atoms with Crippen LogP contribution in [0.25, 0.3) is 0 Å². The van der Waals surface area contributed by atoms with E-state index in [2.05, 4.69) is 20.6 Å². The highest BCUT2D eigenvalue weighted by Gasteiger charge is 2.61. The molecule has 172 valence electrons. The second-order valence-corrected chi connectivity index (χ2v) is 10.9. The molecule has 30 heavy (non-hydrogen) atoms. The quantitative estimate of drug-likeness (QED) is 0.173. The number of aliphatic hydroxyl groups excluding tert-OH is 2. The van der Waals surface area contributed by atoms with Gasteiger partial charge in [-0.25, -0.2) is 4.98 Å². The molecule has 17 heteroatoms. The maximum absolute atomic E-state index is 12.8. The maximum Gasteiger partial charge on any atom is 0.373 e. The van der Waals surface area contributed by atoms with Crippen LogP contribution in [0.5, 0.6) is 0 Å². The van der Waals surface area contributed by atoms with Gasteiger partial charge in [-0.3, -0.25) is 29.7 Å². The fourth-order valence-corrected chi connectivity index (χ4v) is 5.59. The van der Waals surface area contributed by atoms with Crippen molar-refractivity contribution in [2.45, 2.75) is 49.6 Å². The van der Waals surface area contributed by atoms with E-state index in [4.69, 9.17) is 16.0 Å². The van der Waals surface area contributed by atoms with Gasteiger partial charge in [-0.15, -0.1) is 0 Å². The third kappa shape index (κ3) is 5.05. The summed E-state index contributed by atoms with van der Waals surface area (Å²) in [6, 6.07) is 0. The molecule has 1 aliphatic heterocycles. The number of hydrogen-bond acceptors (Lipinski definition) is 12. The molecule has 0 aromatic carbocycles.